The van der Waals surface area contributed by atoms with Crippen molar-refractivity contribution in [3.63, 3.8) is 0 Å². The summed E-state index contributed by atoms with van der Waals surface area (Å²) in [6.07, 6.45) is 4.63. The monoisotopic (exact) mass is 289 g/mol. The third-order valence-corrected chi connectivity index (χ3v) is 3.17. The van der Waals surface area contributed by atoms with E-state index in [0.29, 0.717) is 18.0 Å². The second-order valence-electron chi connectivity index (χ2n) is 4.65. The highest BCUT2D eigenvalue weighted by Gasteiger charge is 2.09. The summed E-state index contributed by atoms with van der Waals surface area (Å²) in [4.78, 5) is 15.2. The maximum Gasteiger partial charge on any atom is 0.335 e. The summed E-state index contributed by atoms with van der Waals surface area (Å²) in [5.74, 6) is -0.349. The van der Waals surface area contributed by atoms with Crippen LogP contribution in [-0.4, -0.2) is 27.7 Å². The lowest BCUT2D eigenvalue weighted by molar-refractivity contribution is 0.0697. The Morgan fingerprint density at radius 3 is 2.95 bits per heavy atom. The molecule has 112 valence electrons. The van der Waals surface area contributed by atoms with Crippen LogP contribution in [-0.2, 0) is 13.1 Å². The van der Waals surface area contributed by atoms with Gasteiger partial charge in [0.05, 0.1) is 36.9 Å². The van der Waals surface area contributed by atoms with Crippen LogP contribution in [0.15, 0.2) is 30.7 Å². The van der Waals surface area contributed by atoms with Crippen LogP contribution in [0.1, 0.15) is 29.4 Å². The molecule has 1 aromatic carbocycles. The number of aromatic carboxylic acids is 1. The van der Waals surface area contributed by atoms with Crippen LogP contribution in [0.2, 0.25) is 0 Å². The van der Waals surface area contributed by atoms with E-state index in [-0.39, 0.29) is 5.56 Å². The number of methoxy groups -OCH3 is 1. The highest BCUT2D eigenvalue weighted by molar-refractivity contribution is 5.89. The first-order valence-electron chi connectivity index (χ1n) is 6.80. The fourth-order valence-electron chi connectivity index (χ4n) is 2.10. The smallest absolute Gasteiger partial charge is 0.335 e. The Kier molecular flexibility index (Phi) is 4.81. The quantitative estimate of drug-likeness (QED) is 0.819. The molecule has 0 atom stereocenters. The third kappa shape index (κ3) is 3.53. The van der Waals surface area contributed by atoms with Gasteiger partial charge in [0, 0.05) is 12.7 Å². The summed E-state index contributed by atoms with van der Waals surface area (Å²) in [7, 11) is 1.56. The number of nitrogens with zero attached hydrogens (tertiary/aromatic N) is 2. The zero-order chi connectivity index (χ0) is 15.2. The summed E-state index contributed by atoms with van der Waals surface area (Å²) < 4.78 is 7.32. The zero-order valence-corrected chi connectivity index (χ0v) is 12.2. The van der Waals surface area contributed by atoms with Gasteiger partial charge in [-0.1, -0.05) is 6.92 Å². The summed E-state index contributed by atoms with van der Waals surface area (Å²) in [5.41, 5.74) is 1.92. The highest BCUT2D eigenvalue weighted by Crippen LogP contribution is 2.26. The van der Waals surface area contributed by atoms with Crippen molar-refractivity contribution in [2.45, 2.75) is 26.4 Å². The van der Waals surface area contributed by atoms with Gasteiger partial charge in [0.2, 0.25) is 0 Å². The Hall–Kier alpha value is -2.50. The minimum absolute atomic E-state index is 0.223. The first-order valence-corrected chi connectivity index (χ1v) is 6.80. The van der Waals surface area contributed by atoms with E-state index in [2.05, 4.69) is 21.8 Å². The lowest BCUT2D eigenvalue weighted by Gasteiger charge is -2.13. The molecule has 0 amide bonds. The Balaban J connectivity index is 2.16. The van der Waals surface area contributed by atoms with Gasteiger partial charge in [-0.2, -0.15) is 0 Å². The normalized spacial score (nSPS) is 10.4. The maximum atomic E-state index is 11.0. The van der Waals surface area contributed by atoms with Crippen LogP contribution in [0.25, 0.3) is 0 Å². The largest absolute Gasteiger partial charge is 0.495 e. The minimum Gasteiger partial charge on any atom is -0.495 e. The molecular weight excluding hydrogens is 270 g/mol. The molecule has 0 radical (unpaired) electrons. The molecule has 6 heteroatoms. The molecule has 1 heterocycles. The van der Waals surface area contributed by atoms with Crippen LogP contribution in [0.5, 0.6) is 5.75 Å². The number of anilines is 1. The van der Waals surface area contributed by atoms with E-state index in [9.17, 15) is 4.79 Å². The summed E-state index contributed by atoms with van der Waals surface area (Å²) in [5, 5.41) is 12.3. The predicted molar refractivity (Wildman–Crippen MR) is 79.8 cm³/mol. The molecule has 0 fully saturated rings. The van der Waals surface area contributed by atoms with E-state index in [4.69, 9.17) is 9.84 Å². The van der Waals surface area contributed by atoms with Crippen molar-refractivity contribution in [1.82, 2.24) is 9.55 Å². The number of aromatic nitrogens is 2. The van der Waals surface area contributed by atoms with Crippen LogP contribution >= 0.6 is 0 Å². The van der Waals surface area contributed by atoms with Gasteiger partial charge in [-0.05, 0) is 24.6 Å². The van der Waals surface area contributed by atoms with Crippen molar-refractivity contribution >= 4 is 11.7 Å². The summed E-state index contributed by atoms with van der Waals surface area (Å²) >= 11 is 0. The SMILES string of the molecule is CCCn1cncc1CNc1cc(C(=O)O)ccc1OC. The third-order valence-electron chi connectivity index (χ3n) is 3.17. The van der Waals surface area contributed by atoms with Crippen LogP contribution in [0, 0.1) is 0 Å². The molecule has 1 aromatic heterocycles. The average molecular weight is 289 g/mol. The van der Waals surface area contributed by atoms with Gasteiger partial charge < -0.3 is 19.7 Å². The van der Waals surface area contributed by atoms with E-state index in [1.54, 1.807) is 31.8 Å². The van der Waals surface area contributed by atoms with Gasteiger partial charge in [-0.3, -0.25) is 0 Å². The molecule has 0 bridgehead atoms. The molecule has 0 spiro atoms. The number of benzene rings is 1. The fraction of sp³-hybridized carbons (Fsp3) is 0.333. The summed E-state index contributed by atoms with van der Waals surface area (Å²) in [6, 6.07) is 4.74. The molecule has 0 unspecified atom stereocenters. The maximum absolute atomic E-state index is 11.0. The molecule has 0 aliphatic rings. The van der Waals surface area contributed by atoms with Crippen molar-refractivity contribution in [3.05, 3.63) is 42.0 Å². The number of carboxylic acid groups (broad SMARTS) is 1. The number of nitrogens with one attached hydrogen (secondary N) is 1. The Morgan fingerprint density at radius 1 is 1.48 bits per heavy atom. The first kappa shape index (κ1) is 14.9. The number of ether oxygens (including phenoxy) is 1. The van der Waals surface area contributed by atoms with Crippen molar-refractivity contribution in [2.75, 3.05) is 12.4 Å². The number of hydrogen-bond acceptors (Lipinski definition) is 4. The molecule has 2 aromatic rings. The lowest BCUT2D eigenvalue weighted by atomic mass is 10.2. The molecular formula is C15H19N3O3. The number of hydrogen-bond donors (Lipinski definition) is 2. The molecule has 0 aliphatic carbocycles. The van der Waals surface area contributed by atoms with Gasteiger partial charge in [0.15, 0.2) is 0 Å². The zero-order valence-electron chi connectivity index (χ0n) is 12.2. The van der Waals surface area contributed by atoms with Crippen molar-refractivity contribution in [1.29, 1.82) is 0 Å². The van der Waals surface area contributed by atoms with E-state index in [0.717, 1.165) is 18.7 Å². The summed E-state index contributed by atoms with van der Waals surface area (Å²) in [6.45, 7) is 3.57. The number of rotatable bonds is 7. The number of imidazole rings is 1. The minimum atomic E-state index is -0.961. The Bertz CT molecular complexity index is 622. The first-order chi connectivity index (χ1) is 10.2. The van der Waals surface area contributed by atoms with Crippen molar-refractivity contribution in [2.24, 2.45) is 0 Å². The van der Waals surface area contributed by atoms with E-state index in [1.165, 1.54) is 6.07 Å². The van der Waals surface area contributed by atoms with E-state index < -0.39 is 5.97 Å². The number of carboxylic acids is 1. The van der Waals surface area contributed by atoms with Crippen LogP contribution < -0.4 is 10.1 Å². The Morgan fingerprint density at radius 2 is 2.29 bits per heavy atom. The molecule has 0 saturated carbocycles. The Labute approximate surface area is 123 Å². The second-order valence-corrected chi connectivity index (χ2v) is 4.65. The lowest BCUT2D eigenvalue weighted by Crippen LogP contribution is -2.08. The van der Waals surface area contributed by atoms with Crippen molar-refractivity contribution in [3.8, 4) is 5.75 Å². The predicted octanol–water partition coefficient (Wildman–Crippen LogP) is 2.61. The van der Waals surface area contributed by atoms with Gasteiger partial charge >= 0.3 is 5.97 Å². The molecule has 2 rings (SSSR count). The van der Waals surface area contributed by atoms with Gasteiger partial charge in [-0.25, -0.2) is 9.78 Å². The van der Waals surface area contributed by atoms with E-state index >= 15 is 0 Å². The van der Waals surface area contributed by atoms with Gasteiger partial charge in [0.1, 0.15) is 5.75 Å². The fourth-order valence-corrected chi connectivity index (χ4v) is 2.10. The topological polar surface area (TPSA) is 76.4 Å². The van der Waals surface area contributed by atoms with E-state index in [1.807, 2.05) is 0 Å². The number of carbonyl (C=O) groups is 1. The second kappa shape index (κ2) is 6.78. The van der Waals surface area contributed by atoms with Crippen LogP contribution in [0.3, 0.4) is 0 Å². The van der Waals surface area contributed by atoms with Gasteiger partial charge in [-0.15, -0.1) is 0 Å². The molecule has 21 heavy (non-hydrogen) atoms. The molecule has 2 N–H and O–H groups in total. The van der Waals surface area contributed by atoms with Crippen molar-refractivity contribution < 1.29 is 14.6 Å². The van der Waals surface area contributed by atoms with Crippen LogP contribution in [0.4, 0.5) is 5.69 Å². The molecule has 0 aliphatic heterocycles. The average Bonchev–Trinajstić information content (AvgIpc) is 2.92. The van der Waals surface area contributed by atoms with Gasteiger partial charge in [0.25, 0.3) is 0 Å². The standard InChI is InChI=1S/C15H19N3O3/c1-3-6-18-10-16-8-12(18)9-17-13-7-11(15(19)20)4-5-14(13)21-2/h4-5,7-8,10,17H,3,6,9H2,1-2H3,(H,19,20). The molecule has 0 saturated heterocycles. The number of aryl methyl sites for hydroxylation is 1. The highest BCUT2D eigenvalue weighted by atomic mass is 16.5. The molecule has 6 nitrogen and oxygen atoms in total.